The van der Waals surface area contributed by atoms with Crippen LogP contribution in [-0.4, -0.2) is 204 Å². The molecule has 4 aliphatic carbocycles. The van der Waals surface area contributed by atoms with E-state index in [2.05, 4.69) is 6.92 Å². The molecule has 3 saturated carbocycles. The summed E-state index contributed by atoms with van der Waals surface area (Å²) in [6, 6.07) is 0. The van der Waals surface area contributed by atoms with E-state index in [9.17, 15) is 35.7 Å². The summed E-state index contributed by atoms with van der Waals surface area (Å²) in [5.41, 5.74) is -6.12. The maximum absolute atomic E-state index is 12.6. The Morgan fingerprint density at radius 3 is 1.63 bits per heavy atom. The van der Waals surface area contributed by atoms with Crippen LogP contribution in [0.25, 0.3) is 0 Å². The summed E-state index contributed by atoms with van der Waals surface area (Å²) < 4.78 is 74.4. The quantitative estimate of drug-likeness (QED) is 0.130. The zero-order chi connectivity index (χ0) is 49.5. The molecule has 4 heterocycles. The summed E-state index contributed by atoms with van der Waals surface area (Å²) >= 11 is 0. The molecule has 19 nitrogen and oxygen atoms in total. The number of ether oxygens (including phenoxy) is 12. The highest BCUT2D eigenvalue weighted by atomic mass is 16.8. The zero-order valence-electron chi connectivity index (χ0n) is 41.8. The van der Waals surface area contributed by atoms with E-state index in [-0.39, 0.29) is 37.9 Å². The minimum atomic E-state index is -1.81. The fourth-order valence-electron chi connectivity index (χ4n) is 14.1. The van der Waals surface area contributed by atoms with Crippen LogP contribution < -0.4 is 0 Å². The molecular weight excluding hydrogens is 893 g/mol. The van der Waals surface area contributed by atoms with Crippen LogP contribution in [0.2, 0.25) is 0 Å². The molecule has 8 aliphatic rings. The Bertz CT molecular complexity index is 1760. The average Bonchev–Trinajstić information content (AvgIpc) is 3.53. The van der Waals surface area contributed by atoms with Crippen LogP contribution in [0.1, 0.15) is 113 Å². The molecular formula is C49H82O19. The number of aliphatic hydroxyl groups is 7. The van der Waals surface area contributed by atoms with Crippen molar-refractivity contribution in [3.8, 4) is 0 Å². The smallest absolute Gasteiger partial charge is 0.187 e. The Hall–Kier alpha value is -1.02. The zero-order valence-corrected chi connectivity index (χ0v) is 41.8. The van der Waals surface area contributed by atoms with Crippen LogP contribution in [0.3, 0.4) is 0 Å². The van der Waals surface area contributed by atoms with Crippen LogP contribution in [0.15, 0.2) is 11.6 Å². The van der Waals surface area contributed by atoms with Gasteiger partial charge in [-0.2, -0.15) is 0 Å². The summed E-state index contributed by atoms with van der Waals surface area (Å²) in [7, 11) is 6.26. The second-order valence-electron chi connectivity index (χ2n) is 21.8. The molecule has 0 radical (unpaired) electrons. The maximum Gasteiger partial charge on any atom is 0.187 e. The molecule has 4 saturated heterocycles. The highest BCUT2D eigenvalue weighted by molar-refractivity contribution is 5.36. The van der Waals surface area contributed by atoms with Crippen LogP contribution in [0, 0.1) is 16.7 Å². The van der Waals surface area contributed by atoms with Crippen molar-refractivity contribution in [3.63, 3.8) is 0 Å². The lowest BCUT2D eigenvalue weighted by atomic mass is 9.42. The summed E-state index contributed by atoms with van der Waals surface area (Å²) in [5.74, 6) is -0.475. The molecule has 0 spiro atoms. The van der Waals surface area contributed by atoms with Crippen molar-refractivity contribution in [2.24, 2.45) is 16.7 Å². The van der Waals surface area contributed by atoms with Gasteiger partial charge in [-0.05, 0) is 85.0 Å². The largest absolute Gasteiger partial charge is 0.392 e. The molecule has 7 fully saturated rings. The summed E-state index contributed by atoms with van der Waals surface area (Å²) in [6.45, 7) is 12.6. The maximum atomic E-state index is 12.6. The molecule has 7 N–H and O–H groups in total. The first-order chi connectivity index (χ1) is 32.0. The van der Waals surface area contributed by atoms with Crippen molar-refractivity contribution < 1.29 is 92.6 Å². The lowest BCUT2D eigenvalue weighted by Crippen LogP contribution is -2.78. The van der Waals surface area contributed by atoms with Crippen LogP contribution >= 0.6 is 0 Å². The molecule has 392 valence electrons. The molecule has 0 bridgehead atoms. The van der Waals surface area contributed by atoms with Gasteiger partial charge in [0.25, 0.3) is 0 Å². The minimum Gasteiger partial charge on any atom is -0.392 e. The van der Waals surface area contributed by atoms with Gasteiger partial charge in [0.2, 0.25) is 0 Å². The fourth-order valence-corrected chi connectivity index (χ4v) is 14.1. The van der Waals surface area contributed by atoms with Crippen LogP contribution in [-0.2, 0) is 56.8 Å². The Morgan fingerprint density at radius 1 is 0.618 bits per heavy atom. The fraction of sp³-hybridized carbons (Fsp3) is 0.959. The molecule has 8 rings (SSSR count). The van der Waals surface area contributed by atoms with Crippen molar-refractivity contribution in [2.45, 2.75) is 252 Å². The third-order valence-electron chi connectivity index (χ3n) is 18.4. The van der Waals surface area contributed by atoms with Gasteiger partial charge < -0.3 is 92.6 Å². The predicted molar refractivity (Wildman–Crippen MR) is 239 cm³/mol. The normalized spacial score (nSPS) is 54.6. The number of fused-ring (bicyclic) bond motifs is 5. The first-order valence-electron chi connectivity index (χ1n) is 25.0. The SMILES string of the molecule is CO[C@H]1[C@@H](O)[C@H](O[C@@H]2[C@@H](C)O[C@@H](O[C@H]3[C@@H](OC)C[C@H](O[C@H]4[C@@H](OC)C[C@H](O[C@H]5CC[C@@]6(C)C(=CC[C@]7(O)[C@@H]6C[C@@H](O)[C@@]6(C)[C@]7(O)CC[C@@]6(O)C(C)O)C5)O[C@@H]4C)O[C@@H]3C)C[C@H]2OC)O[C@H](C)[C@H]1O. The van der Waals surface area contributed by atoms with Gasteiger partial charge in [0.15, 0.2) is 25.2 Å². The van der Waals surface area contributed by atoms with Crippen LogP contribution in [0.4, 0.5) is 0 Å². The van der Waals surface area contributed by atoms with Crippen molar-refractivity contribution in [2.75, 3.05) is 28.4 Å². The molecule has 1 unspecified atom stereocenters. The molecule has 19 heteroatoms. The van der Waals surface area contributed by atoms with E-state index in [0.29, 0.717) is 38.5 Å². The monoisotopic (exact) mass is 975 g/mol. The first-order valence-corrected chi connectivity index (χ1v) is 25.0. The van der Waals surface area contributed by atoms with Crippen molar-refractivity contribution in [1.82, 2.24) is 0 Å². The minimum absolute atomic E-state index is 0.0643. The Morgan fingerprint density at radius 2 is 1.13 bits per heavy atom. The summed E-state index contributed by atoms with van der Waals surface area (Å²) in [4.78, 5) is 0. The summed E-state index contributed by atoms with van der Waals surface area (Å²) in [5, 5.41) is 80.5. The van der Waals surface area contributed by atoms with E-state index in [1.807, 2.05) is 26.8 Å². The highest BCUT2D eigenvalue weighted by Gasteiger charge is 2.80. The van der Waals surface area contributed by atoms with Crippen molar-refractivity contribution in [3.05, 3.63) is 11.6 Å². The third kappa shape index (κ3) is 8.69. The molecule has 0 aromatic carbocycles. The van der Waals surface area contributed by atoms with Gasteiger partial charge >= 0.3 is 0 Å². The summed E-state index contributed by atoms with van der Waals surface area (Å²) in [6.07, 6.45) is -8.18. The first kappa shape index (κ1) is 53.3. The van der Waals surface area contributed by atoms with Gasteiger partial charge in [0.1, 0.15) is 53.4 Å². The number of hydrogen-bond acceptors (Lipinski definition) is 19. The van der Waals surface area contributed by atoms with E-state index in [0.717, 1.165) is 5.57 Å². The third-order valence-corrected chi connectivity index (χ3v) is 18.4. The molecule has 0 aromatic rings. The van der Waals surface area contributed by atoms with Gasteiger partial charge in [0.05, 0.1) is 66.5 Å². The van der Waals surface area contributed by atoms with E-state index < -0.39 is 144 Å². The topological polar surface area (TPSA) is 252 Å². The average molecular weight is 975 g/mol. The Kier molecular flexibility index (Phi) is 15.7. The van der Waals surface area contributed by atoms with E-state index in [4.69, 9.17) is 56.8 Å². The second kappa shape index (κ2) is 20.0. The lowest BCUT2D eigenvalue weighted by molar-refractivity contribution is -0.356. The number of aliphatic hydroxyl groups excluding tert-OH is 4. The van der Waals surface area contributed by atoms with E-state index in [1.165, 1.54) is 14.0 Å². The molecule has 4 aliphatic heterocycles. The number of hydrogen-bond donors (Lipinski definition) is 7. The standard InChI is InChI=1S/C49H82O19/c1-23-38(52)43(60-11)39(53)44(64-23)68-42-26(4)63-37(21-32(42)59-10)67-41-25(3)62-36(20-31(41)58-9)66-40-24(2)61-35(19-30(40)57-8)65-29-13-14-45(6)28(18-29)12-15-48(55)33(45)22-34(51)46(7)47(54,27(5)50)16-17-49(46,48)56/h12,23-27,29-44,50-56H,13-22H2,1-11H3/t23-,24-,25-,26-,27?,29+,30+,31+,32-,33-,34-,35+,36+,37+,38-,39-,40-,41-,42-,43-,44+,45+,46-,47-,48+,49-/m1/s1. The highest BCUT2D eigenvalue weighted by Crippen LogP contribution is 2.70. The van der Waals surface area contributed by atoms with Gasteiger partial charge in [0, 0.05) is 53.6 Å². The lowest BCUT2D eigenvalue weighted by Gasteiger charge is -2.67. The molecule has 68 heavy (non-hydrogen) atoms. The second-order valence-corrected chi connectivity index (χ2v) is 21.8. The number of methoxy groups -OCH3 is 4. The number of rotatable bonds is 13. The van der Waals surface area contributed by atoms with Gasteiger partial charge in [-0.25, -0.2) is 0 Å². The van der Waals surface area contributed by atoms with Crippen LogP contribution in [0.5, 0.6) is 0 Å². The molecule has 0 amide bonds. The Labute approximate surface area is 400 Å². The van der Waals surface area contributed by atoms with Crippen molar-refractivity contribution in [1.29, 1.82) is 0 Å². The molecule has 0 aromatic heterocycles. The Balaban J connectivity index is 0.849. The van der Waals surface area contributed by atoms with Gasteiger partial charge in [-0.3, -0.25) is 0 Å². The van der Waals surface area contributed by atoms with Gasteiger partial charge in [-0.15, -0.1) is 0 Å². The van der Waals surface area contributed by atoms with E-state index >= 15 is 0 Å². The van der Waals surface area contributed by atoms with Gasteiger partial charge in [-0.1, -0.05) is 25.5 Å². The molecule has 26 atom stereocenters. The van der Waals surface area contributed by atoms with E-state index in [1.54, 1.807) is 35.2 Å². The predicted octanol–water partition coefficient (Wildman–Crippen LogP) is 1.73. The van der Waals surface area contributed by atoms with Crippen molar-refractivity contribution >= 4 is 0 Å².